The Balaban J connectivity index is 1.92. The number of amides is 1. The maximum Gasteiger partial charge on any atom is 0.573 e. The molecule has 0 aliphatic rings. The number of nitrogens with two attached hydrogens (primary N) is 1. The molecule has 0 bridgehead atoms. The molecular formula is C19H20F3N5O2. The molecule has 0 aliphatic heterocycles. The SMILES string of the molecule is Cc1c(-c2cncc(C(=O)NCC(C)(C)N)n2)[nH]c2ccc(OC(F)(F)F)cc12. The first-order chi connectivity index (χ1) is 13.4. The molecule has 7 nitrogen and oxygen atoms in total. The van der Waals surface area contributed by atoms with Crippen molar-refractivity contribution in [2.24, 2.45) is 5.73 Å². The highest BCUT2D eigenvalue weighted by Crippen LogP contribution is 2.32. The molecule has 0 saturated carbocycles. The number of ether oxygens (including phenoxy) is 1. The zero-order valence-electron chi connectivity index (χ0n) is 16.0. The number of aromatic nitrogens is 3. The number of carbonyl (C=O) groups excluding carboxylic acids is 1. The molecule has 0 fully saturated rings. The van der Waals surface area contributed by atoms with Gasteiger partial charge in [0.1, 0.15) is 17.1 Å². The van der Waals surface area contributed by atoms with Crippen molar-refractivity contribution < 1.29 is 22.7 Å². The Bertz CT molecular complexity index is 1050. The van der Waals surface area contributed by atoms with Gasteiger partial charge < -0.3 is 20.8 Å². The Morgan fingerprint density at radius 2 is 2.00 bits per heavy atom. The molecule has 1 aromatic carbocycles. The minimum atomic E-state index is -4.77. The average molecular weight is 407 g/mol. The predicted octanol–water partition coefficient (Wildman–Crippen LogP) is 3.30. The highest BCUT2D eigenvalue weighted by molar-refractivity contribution is 5.94. The second kappa shape index (κ2) is 7.36. The van der Waals surface area contributed by atoms with Crippen LogP contribution in [-0.2, 0) is 0 Å². The molecule has 0 spiro atoms. The Morgan fingerprint density at radius 1 is 1.28 bits per heavy atom. The molecule has 0 saturated heterocycles. The van der Waals surface area contributed by atoms with Gasteiger partial charge in [0.2, 0.25) is 0 Å². The van der Waals surface area contributed by atoms with Crippen LogP contribution in [0, 0.1) is 6.92 Å². The number of nitrogens with one attached hydrogen (secondary N) is 2. The molecule has 0 unspecified atom stereocenters. The number of nitrogens with zero attached hydrogens (tertiary/aromatic N) is 2. The minimum Gasteiger partial charge on any atom is -0.406 e. The molecule has 4 N–H and O–H groups in total. The highest BCUT2D eigenvalue weighted by Gasteiger charge is 2.31. The van der Waals surface area contributed by atoms with Crippen LogP contribution in [0.4, 0.5) is 13.2 Å². The standard InChI is InChI=1S/C19H20F3N5O2/c1-10-12-6-11(29-19(20,21)22)4-5-13(12)27-16(10)14-7-24-8-15(26-14)17(28)25-9-18(2,3)23/h4-8,27H,9,23H2,1-3H3,(H,25,28). The molecule has 0 atom stereocenters. The van der Waals surface area contributed by atoms with Gasteiger partial charge in [0, 0.05) is 23.0 Å². The van der Waals surface area contributed by atoms with Gasteiger partial charge in [-0.05, 0) is 44.5 Å². The summed E-state index contributed by atoms with van der Waals surface area (Å²) >= 11 is 0. The zero-order valence-corrected chi connectivity index (χ0v) is 16.0. The molecule has 10 heteroatoms. The van der Waals surface area contributed by atoms with Crippen molar-refractivity contribution in [1.29, 1.82) is 0 Å². The number of hydrogen-bond acceptors (Lipinski definition) is 5. The molecule has 0 aliphatic carbocycles. The summed E-state index contributed by atoms with van der Waals surface area (Å²) in [6.45, 7) is 5.54. The van der Waals surface area contributed by atoms with E-state index in [-0.39, 0.29) is 18.0 Å². The lowest BCUT2D eigenvalue weighted by Crippen LogP contribution is -2.45. The van der Waals surface area contributed by atoms with E-state index in [1.54, 1.807) is 20.8 Å². The monoisotopic (exact) mass is 407 g/mol. The minimum absolute atomic E-state index is 0.103. The predicted molar refractivity (Wildman–Crippen MR) is 101 cm³/mol. The molecule has 2 aromatic heterocycles. The van der Waals surface area contributed by atoms with Gasteiger partial charge >= 0.3 is 6.36 Å². The number of H-pyrrole nitrogens is 1. The summed E-state index contributed by atoms with van der Waals surface area (Å²) in [4.78, 5) is 23.8. The number of carbonyl (C=O) groups is 1. The van der Waals surface area contributed by atoms with E-state index in [0.717, 1.165) is 0 Å². The number of halogens is 3. The summed E-state index contributed by atoms with van der Waals surface area (Å²) in [5, 5.41) is 3.23. The lowest BCUT2D eigenvalue weighted by Gasteiger charge is -2.18. The van der Waals surface area contributed by atoms with Crippen LogP contribution in [0.15, 0.2) is 30.6 Å². The summed E-state index contributed by atoms with van der Waals surface area (Å²) in [5.74, 6) is -0.741. The van der Waals surface area contributed by atoms with E-state index < -0.39 is 17.8 Å². The molecular weight excluding hydrogens is 387 g/mol. The van der Waals surface area contributed by atoms with E-state index >= 15 is 0 Å². The Labute approximate surface area is 164 Å². The molecule has 0 radical (unpaired) electrons. The van der Waals surface area contributed by atoms with E-state index in [4.69, 9.17) is 5.73 Å². The van der Waals surface area contributed by atoms with Crippen molar-refractivity contribution in [3.8, 4) is 17.1 Å². The topological polar surface area (TPSA) is 106 Å². The van der Waals surface area contributed by atoms with Crippen molar-refractivity contribution in [3.05, 3.63) is 41.9 Å². The third-order valence-electron chi connectivity index (χ3n) is 4.09. The molecule has 3 aromatic rings. The third kappa shape index (κ3) is 5.02. The van der Waals surface area contributed by atoms with Crippen molar-refractivity contribution in [2.75, 3.05) is 6.54 Å². The van der Waals surface area contributed by atoms with Crippen LogP contribution in [0.2, 0.25) is 0 Å². The number of benzene rings is 1. The van der Waals surface area contributed by atoms with E-state index in [9.17, 15) is 18.0 Å². The number of alkyl halides is 3. The maximum absolute atomic E-state index is 12.5. The lowest BCUT2D eigenvalue weighted by atomic mass is 10.1. The summed E-state index contributed by atoms with van der Waals surface area (Å²) in [6, 6.07) is 4.01. The highest BCUT2D eigenvalue weighted by atomic mass is 19.4. The van der Waals surface area contributed by atoms with Crippen LogP contribution in [0.25, 0.3) is 22.3 Å². The Kier molecular flexibility index (Phi) is 5.22. The summed E-state index contributed by atoms with van der Waals surface area (Å²) < 4.78 is 41.4. The van der Waals surface area contributed by atoms with Gasteiger partial charge in [-0.15, -0.1) is 13.2 Å². The van der Waals surface area contributed by atoms with Gasteiger partial charge in [-0.3, -0.25) is 9.78 Å². The van der Waals surface area contributed by atoms with Crippen LogP contribution in [0.3, 0.4) is 0 Å². The van der Waals surface area contributed by atoms with Crippen LogP contribution in [0.1, 0.15) is 29.9 Å². The van der Waals surface area contributed by atoms with Crippen molar-refractivity contribution >= 4 is 16.8 Å². The fourth-order valence-electron chi connectivity index (χ4n) is 2.75. The van der Waals surface area contributed by atoms with Gasteiger partial charge in [-0.25, -0.2) is 4.98 Å². The quantitative estimate of drug-likeness (QED) is 0.602. The van der Waals surface area contributed by atoms with Gasteiger partial charge in [0.05, 0.1) is 18.1 Å². The normalized spacial score (nSPS) is 12.2. The fourth-order valence-corrected chi connectivity index (χ4v) is 2.75. The van der Waals surface area contributed by atoms with Crippen molar-refractivity contribution in [1.82, 2.24) is 20.3 Å². The molecule has 29 heavy (non-hydrogen) atoms. The number of aryl methyl sites for hydroxylation is 1. The Hall–Kier alpha value is -3.14. The molecule has 1 amide bonds. The van der Waals surface area contributed by atoms with Crippen molar-refractivity contribution in [3.63, 3.8) is 0 Å². The number of fused-ring (bicyclic) bond motifs is 1. The van der Waals surface area contributed by atoms with Crippen LogP contribution in [-0.4, -0.2) is 39.3 Å². The number of hydrogen-bond donors (Lipinski definition) is 3. The molecule has 2 heterocycles. The first-order valence-corrected chi connectivity index (χ1v) is 8.70. The first kappa shape index (κ1) is 20.6. The van der Waals surface area contributed by atoms with Gasteiger partial charge in [0.15, 0.2) is 0 Å². The van der Waals surface area contributed by atoms with E-state index in [0.29, 0.717) is 27.9 Å². The van der Waals surface area contributed by atoms with Crippen LogP contribution in [0.5, 0.6) is 5.75 Å². The third-order valence-corrected chi connectivity index (χ3v) is 4.09. The molecule has 154 valence electrons. The maximum atomic E-state index is 12.5. The van der Waals surface area contributed by atoms with Gasteiger partial charge in [-0.1, -0.05) is 0 Å². The van der Waals surface area contributed by atoms with Gasteiger partial charge in [0.25, 0.3) is 5.91 Å². The van der Waals surface area contributed by atoms with E-state index in [1.807, 2.05) is 0 Å². The second-order valence-electron chi connectivity index (χ2n) is 7.34. The summed E-state index contributed by atoms with van der Waals surface area (Å²) in [5.41, 5.74) is 7.58. The lowest BCUT2D eigenvalue weighted by molar-refractivity contribution is -0.274. The summed E-state index contributed by atoms with van der Waals surface area (Å²) in [6.07, 6.45) is -1.98. The largest absolute Gasteiger partial charge is 0.573 e. The smallest absolute Gasteiger partial charge is 0.406 e. The average Bonchev–Trinajstić information content (AvgIpc) is 2.94. The number of rotatable bonds is 5. The van der Waals surface area contributed by atoms with Crippen molar-refractivity contribution in [2.45, 2.75) is 32.7 Å². The number of aromatic amines is 1. The van der Waals surface area contributed by atoms with E-state index in [2.05, 4.69) is 25.0 Å². The summed E-state index contributed by atoms with van der Waals surface area (Å²) in [7, 11) is 0. The zero-order chi connectivity index (χ0) is 21.4. The van der Waals surface area contributed by atoms with Gasteiger partial charge in [-0.2, -0.15) is 0 Å². The Morgan fingerprint density at radius 3 is 2.66 bits per heavy atom. The second-order valence-corrected chi connectivity index (χ2v) is 7.34. The van der Waals surface area contributed by atoms with Crippen LogP contribution < -0.4 is 15.8 Å². The fraction of sp³-hybridized carbons (Fsp3) is 0.316. The molecule has 3 rings (SSSR count). The van der Waals surface area contributed by atoms with Crippen LogP contribution >= 0.6 is 0 Å². The first-order valence-electron chi connectivity index (χ1n) is 8.70. The van der Waals surface area contributed by atoms with E-state index in [1.165, 1.54) is 30.6 Å².